The molecule has 45 heavy (non-hydrogen) atoms. The minimum absolute atomic E-state index is 0.543. The molecule has 0 bridgehead atoms. The standard InChI is InChI=1S/C25H30N4O2.2C2HF3O2/c1-27-10-13-29-11-8-17(9-12-29)18-4-6-22-20(14-18)21(16-26)25(28-22)19-5-7-23(30-2)24(15-19)31-3;2*3-2(4,5)1(6)7/h4-7,14-15,17,27-28H,8-13H2,1-3H3;2*(H,6,7). The lowest BCUT2D eigenvalue weighted by Crippen LogP contribution is -2.37. The summed E-state index contributed by atoms with van der Waals surface area (Å²) in [5.41, 5.74) is 4.71. The Hall–Kier alpha value is -4.49. The maximum Gasteiger partial charge on any atom is 0.490 e. The van der Waals surface area contributed by atoms with Crippen LogP contribution in [-0.2, 0) is 9.59 Å². The molecule has 0 atom stereocenters. The fourth-order valence-corrected chi connectivity index (χ4v) is 4.55. The number of hydrogen-bond acceptors (Lipinski definition) is 7. The molecule has 2 aromatic carbocycles. The van der Waals surface area contributed by atoms with E-state index in [9.17, 15) is 31.6 Å². The highest BCUT2D eigenvalue weighted by Gasteiger charge is 2.38. The van der Waals surface area contributed by atoms with Gasteiger partial charge in [0.15, 0.2) is 11.5 Å². The first-order valence-electron chi connectivity index (χ1n) is 13.3. The van der Waals surface area contributed by atoms with E-state index in [1.165, 1.54) is 5.56 Å². The van der Waals surface area contributed by atoms with Gasteiger partial charge in [0, 0.05) is 29.6 Å². The predicted molar refractivity (Wildman–Crippen MR) is 151 cm³/mol. The number of hydrogen-bond donors (Lipinski definition) is 4. The smallest absolute Gasteiger partial charge is 0.490 e. The number of aliphatic carboxylic acids is 2. The molecule has 16 heteroatoms. The second-order valence-corrected chi connectivity index (χ2v) is 9.69. The van der Waals surface area contributed by atoms with Crippen molar-refractivity contribution in [1.82, 2.24) is 15.2 Å². The van der Waals surface area contributed by atoms with Crippen molar-refractivity contribution in [3.8, 4) is 28.8 Å². The molecular weight excluding hydrogens is 614 g/mol. The van der Waals surface area contributed by atoms with Gasteiger partial charge in [-0.1, -0.05) is 6.07 Å². The number of aromatic nitrogens is 1. The van der Waals surface area contributed by atoms with Crippen molar-refractivity contribution < 1.29 is 55.6 Å². The summed E-state index contributed by atoms with van der Waals surface area (Å²) in [6, 6.07) is 14.7. The van der Waals surface area contributed by atoms with Crippen LogP contribution in [0.25, 0.3) is 22.2 Å². The van der Waals surface area contributed by atoms with Gasteiger partial charge in [0.1, 0.15) is 6.07 Å². The molecule has 0 radical (unpaired) electrons. The third kappa shape index (κ3) is 10.3. The number of likely N-dealkylation sites (tertiary alicyclic amines) is 1. The quantitative estimate of drug-likeness (QED) is 0.248. The maximum absolute atomic E-state index is 10.6. The van der Waals surface area contributed by atoms with Gasteiger partial charge in [0.05, 0.1) is 25.5 Å². The van der Waals surface area contributed by atoms with Gasteiger partial charge in [0.25, 0.3) is 0 Å². The molecule has 1 aliphatic rings. The zero-order valence-electron chi connectivity index (χ0n) is 24.5. The largest absolute Gasteiger partial charge is 0.493 e. The first-order valence-corrected chi connectivity index (χ1v) is 13.3. The lowest BCUT2D eigenvalue weighted by molar-refractivity contribution is -0.193. The minimum Gasteiger partial charge on any atom is -0.493 e. The molecule has 0 spiro atoms. The maximum atomic E-state index is 10.6. The van der Waals surface area contributed by atoms with E-state index in [0.717, 1.165) is 61.2 Å². The predicted octanol–water partition coefficient (Wildman–Crippen LogP) is 5.39. The van der Waals surface area contributed by atoms with E-state index in [1.807, 2.05) is 25.2 Å². The van der Waals surface area contributed by atoms with Gasteiger partial charge in [0.2, 0.25) is 0 Å². The molecular formula is C29H32F6N4O6. The first-order chi connectivity index (χ1) is 21.1. The van der Waals surface area contributed by atoms with Gasteiger partial charge in [-0.05, 0) is 74.8 Å². The molecule has 4 rings (SSSR count). The van der Waals surface area contributed by atoms with E-state index in [0.29, 0.717) is 23.0 Å². The molecule has 0 aliphatic carbocycles. The summed E-state index contributed by atoms with van der Waals surface area (Å²) >= 11 is 0. The van der Waals surface area contributed by atoms with Crippen molar-refractivity contribution in [2.75, 3.05) is 47.4 Å². The fourth-order valence-electron chi connectivity index (χ4n) is 4.55. The number of nitrogens with zero attached hydrogens (tertiary/aromatic N) is 2. The van der Waals surface area contributed by atoms with E-state index in [2.05, 4.69) is 39.5 Å². The molecule has 0 saturated carbocycles. The summed E-state index contributed by atoms with van der Waals surface area (Å²) in [6.45, 7) is 4.39. The number of carboxylic acids is 2. The van der Waals surface area contributed by atoms with E-state index < -0.39 is 24.3 Å². The minimum atomic E-state index is -5.08. The monoisotopic (exact) mass is 646 g/mol. The van der Waals surface area contributed by atoms with Gasteiger partial charge >= 0.3 is 24.3 Å². The lowest BCUT2D eigenvalue weighted by Gasteiger charge is -2.32. The Balaban J connectivity index is 0.000000421. The van der Waals surface area contributed by atoms with Crippen LogP contribution >= 0.6 is 0 Å². The third-order valence-electron chi connectivity index (χ3n) is 6.83. The Morgan fingerprint density at radius 3 is 2.00 bits per heavy atom. The van der Waals surface area contributed by atoms with E-state index in [1.54, 1.807) is 14.2 Å². The Morgan fingerprint density at radius 1 is 0.978 bits per heavy atom. The van der Waals surface area contributed by atoms with Crippen molar-refractivity contribution in [3.05, 3.63) is 47.5 Å². The number of benzene rings is 2. The number of carbonyl (C=O) groups is 2. The Kier molecular flexibility index (Phi) is 13.1. The van der Waals surface area contributed by atoms with Crippen LogP contribution in [0.1, 0.15) is 29.9 Å². The highest BCUT2D eigenvalue weighted by molar-refractivity contribution is 5.94. The van der Waals surface area contributed by atoms with Gasteiger partial charge in [-0.15, -0.1) is 0 Å². The summed E-state index contributed by atoms with van der Waals surface area (Å²) in [5, 5.41) is 28.4. The van der Waals surface area contributed by atoms with Crippen LogP contribution in [0.3, 0.4) is 0 Å². The molecule has 2 heterocycles. The number of ether oxygens (including phenoxy) is 2. The van der Waals surface area contributed by atoms with Crippen LogP contribution in [0, 0.1) is 11.3 Å². The SMILES string of the molecule is CNCCN1CCC(c2ccc3[nH]c(-c4ccc(OC)c(OC)c4)c(C#N)c3c2)CC1.O=C(O)C(F)(F)F.O=C(O)C(F)(F)F. The van der Waals surface area contributed by atoms with Crippen LogP contribution < -0.4 is 14.8 Å². The van der Waals surface area contributed by atoms with Crippen molar-refractivity contribution >= 4 is 22.8 Å². The molecule has 3 aromatic rings. The number of aromatic amines is 1. The number of H-pyrrole nitrogens is 1. The number of alkyl halides is 6. The number of likely N-dealkylation sites (N-methyl/N-ethyl adjacent to an activating group) is 1. The summed E-state index contributed by atoms with van der Waals surface area (Å²) in [7, 11) is 5.24. The Labute approximate surface area is 254 Å². The Bertz CT molecular complexity index is 1470. The van der Waals surface area contributed by atoms with Crippen molar-refractivity contribution in [3.63, 3.8) is 0 Å². The van der Waals surface area contributed by atoms with Gasteiger partial charge in [-0.25, -0.2) is 9.59 Å². The third-order valence-corrected chi connectivity index (χ3v) is 6.83. The van der Waals surface area contributed by atoms with Gasteiger partial charge in [-0.2, -0.15) is 31.6 Å². The fraction of sp³-hybridized carbons (Fsp3) is 0.414. The Morgan fingerprint density at radius 2 is 1.53 bits per heavy atom. The first kappa shape index (κ1) is 36.7. The number of halogens is 6. The number of piperidine rings is 1. The van der Waals surface area contributed by atoms with E-state index in [4.69, 9.17) is 29.3 Å². The van der Waals surface area contributed by atoms with Crippen molar-refractivity contribution in [1.29, 1.82) is 5.26 Å². The van der Waals surface area contributed by atoms with Crippen molar-refractivity contribution in [2.45, 2.75) is 31.1 Å². The molecule has 4 N–H and O–H groups in total. The summed E-state index contributed by atoms with van der Waals surface area (Å²) < 4.78 is 74.3. The molecule has 1 aromatic heterocycles. The lowest BCUT2D eigenvalue weighted by atomic mass is 9.88. The summed E-state index contributed by atoms with van der Waals surface area (Å²) in [6.07, 6.45) is -7.85. The molecule has 1 saturated heterocycles. The van der Waals surface area contributed by atoms with Crippen molar-refractivity contribution in [2.24, 2.45) is 0 Å². The average molecular weight is 647 g/mol. The number of nitriles is 1. The number of carboxylic acid groups (broad SMARTS) is 2. The summed E-state index contributed by atoms with van der Waals surface area (Å²) in [4.78, 5) is 23.8. The number of nitrogens with one attached hydrogen (secondary N) is 2. The number of methoxy groups -OCH3 is 2. The molecule has 0 amide bonds. The van der Waals surface area contributed by atoms with E-state index >= 15 is 0 Å². The molecule has 10 nitrogen and oxygen atoms in total. The van der Waals surface area contributed by atoms with E-state index in [-0.39, 0.29) is 0 Å². The number of fused-ring (bicyclic) bond motifs is 1. The van der Waals surface area contributed by atoms with Crippen LogP contribution in [-0.4, -0.2) is 91.8 Å². The molecule has 0 unspecified atom stereocenters. The highest BCUT2D eigenvalue weighted by atomic mass is 19.4. The van der Waals surface area contributed by atoms with Crippen LogP contribution in [0.4, 0.5) is 26.3 Å². The molecule has 1 aliphatic heterocycles. The second kappa shape index (κ2) is 16.0. The normalized spacial score (nSPS) is 14.0. The highest BCUT2D eigenvalue weighted by Crippen LogP contribution is 2.37. The average Bonchev–Trinajstić information content (AvgIpc) is 3.37. The van der Waals surface area contributed by atoms with Crippen LogP contribution in [0.2, 0.25) is 0 Å². The molecule has 1 fully saturated rings. The van der Waals surface area contributed by atoms with Gasteiger partial charge < -0.3 is 34.9 Å². The van der Waals surface area contributed by atoms with Crippen LogP contribution in [0.5, 0.6) is 11.5 Å². The topological polar surface area (TPSA) is 148 Å². The molecule has 246 valence electrons. The van der Waals surface area contributed by atoms with Crippen LogP contribution in [0.15, 0.2) is 36.4 Å². The summed E-state index contributed by atoms with van der Waals surface area (Å²) in [5.74, 6) is -3.65. The zero-order valence-corrected chi connectivity index (χ0v) is 24.5. The second-order valence-electron chi connectivity index (χ2n) is 9.69. The van der Waals surface area contributed by atoms with Gasteiger partial charge in [-0.3, -0.25) is 0 Å². The zero-order chi connectivity index (χ0) is 33.9. The number of rotatable bonds is 7.